The Morgan fingerprint density at radius 1 is 0.600 bits per heavy atom. The fourth-order valence-corrected chi connectivity index (χ4v) is 6.08. The smallest absolute Gasteiger partial charge is 0.269 e. The van der Waals surface area contributed by atoms with E-state index in [4.69, 9.17) is 9.47 Å². The Hall–Kier alpha value is -5.24. The molecule has 0 radical (unpaired) electrons. The summed E-state index contributed by atoms with van der Waals surface area (Å²) >= 11 is 0. The Bertz CT molecular complexity index is 1570. The molecule has 0 spiro atoms. The van der Waals surface area contributed by atoms with E-state index in [2.05, 4.69) is 13.2 Å². The van der Waals surface area contributed by atoms with E-state index in [0.717, 1.165) is 60.8 Å². The maximum Gasteiger partial charge on any atom is 0.269 e. The molecule has 8 heteroatoms. The second-order valence-electron chi connectivity index (χ2n) is 11.0. The average Bonchev–Trinajstić information content (AvgIpc) is 3.35. The number of non-ortho nitro benzene ring substituents is 2. The Labute approximate surface area is 262 Å². The number of fused-ring (bicyclic) bond motifs is 3. The lowest BCUT2D eigenvalue weighted by Crippen LogP contribution is -2.28. The van der Waals surface area contributed by atoms with Crippen LogP contribution in [0.25, 0.3) is 11.1 Å². The van der Waals surface area contributed by atoms with Crippen molar-refractivity contribution in [1.29, 1.82) is 0 Å². The SMILES string of the molecule is C=CCCCCOc1ccc(C2(c3ccc(OCCCCC=C)cc3)c3cc([N+](=O)[O-])ccc3-c3ccc([N+](=O)[O-])cc32)cc1. The predicted octanol–water partition coefficient (Wildman–Crippen LogP) is 9.34. The monoisotopic (exact) mass is 604 g/mol. The molecule has 0 bridgehead atoms. The van der Waals surface area contributed by atoms with Crippen LogP contribution in [0.15, 0.2) is 110 Å². The first kappa shape index (κ1) is 31.2. The predicted molar refractivity (Wildman–Crippen MR) is 176 cm³/mol. The molecule has 4 aromatic rings. The Morgan fingerprint density at radius 3 is 1.36 bits per heavy atom. The lowest BCUT2D eigenvalue weighted by molar-refractivity contribution is -0.385. The molecule has 0 heterocycles. The maximum atomic E-state index is 12.0. The molecule has 1 aliphatic carbocycles. The summed E-state index contributed by atoms with van der Waals surface area (Å²) in [5, 5.41) is 24.0. The number of allylic oxidation sites excluding steroid dienone is 2. The van der Waals surface area contributed by atoms with Crippen molar-refractivity contribution in [2.75, 3.05) is 13.2 Å². The van der Waals surface area contributed by atoms with Crippen LogP contribution in [0.2, 0.25) is 0 Å². The van der Waals surface area contributed by atoms with Gasteiger partial charge in [0.2, 0.25) is 0 Å². The highest BCUT2D eigenvalue weighted by Gasteiger charge is 2.47. The normalized spacial score (nSPS) is 12.5. The molecule has 4 aromatic carbocycles. The largest absolute Gasteiger partial charge is 0.494 e. The molecule has 0 aliphatic heterocycles. The summed E-state index contributed by atoms with van der Waals surface area (Å²) < 4.78 is 12.0. The number of nitro benzene ring substituents is 2. The minimum atomic E-state index is -1.08. The highest BCUT2D eigenvalue weighted by atomic mass is 16.6. The third kappa shape index (κ3) is 6.36. The first-order valence-corrected chi connectivity index (χ1v) is 15.2. The van der Waals surface area contributed by atoms with Gasteiger partial charge >= 0.3 is 0 Å². The molecular formula is C37H36N2O6. The van der Waals surface area contributed by atoms with Crippen molar-refractivity contribution in [2.45, 2.75) is 43.9 Å². The van der Waals surface area contributed by atoms with Crippen LogP contribution in [0.3, 0.4) is 0 Å². The van der Waals surface area contributed by atoms with Crippen molar-refractivity contribution < 1.29 is 19.3 Å². The lowest BCUT2D eigenvalue weighted by Gasteiger charge is -2.33. The topological polar surface area (TPSA) is 105 Å². The summed E-state index contributed by atoms with van der Waals surface area (Å²) in [6.07, 6.45) is 9.42. The van der Waals surface area contributed by atoms with E-state index in [1.165, 1.54) is 12.1 Å². The summed E-state index contributed by atoms with van der Waals surface area (Å²) in [6, 6.07) is 24.9. The summed E-state index contributed by atoms with van der Waals surface area (Å²) in [4.78, 5) is 23.2. The van der Waals surface area contributed by atoms with Gasteiger partial charge in [-0.2, -0.15) is 0 Å². The van der Waals surface area contributed by atoms with E-state index in [0.29, 0.717) is 35.8 Å². The van der Waals surface area contributed by atoms with Gasteiger partial charge in [-0.1, -0.05) is 36.4 Å². The molecule has 0 saturated carbocycles. The zero-order valence-electron chi connectivity index (χ0n) is 25.2. The van der Waals surface area contributed by atoms with Gasteiger partial charge in [-0.15, -0.1) is 13.2 Å². The molecular weight excluding hydrogens is 568 g/mol. The van der Waals surface area contributed by atoms with E-state index < -0.39 is 15.3 Å². The number of hydrogen-bond donors (Lipinski definition) is 0. The summed E-state index contributed by atoms with van der Waals surface area (Å²) in [5.41, 5.74) is 3.37. The standard InChI is InChI=1S/C37H36N2O6/c1-3-5-7-9-23-44-31-17-11-27(12-18-31)37(28-13-19-32(20-14-28)45-24-10-8-6-4-2)35-25-29(38(40)41)15-21-33(35)34-22-16-30(39(42)43)26-36(34)37/h3-4,11-22,25-26H,1-2,5-10,23-24H2. The second kappa shape index (κ2) is 14.0. The van der Waals surface area contributed by atoms with E-state index in [1.54, 1.807) is 24.3 Å². The van der Waals surface area contributed by atoms with E-state index >= 15 is 0 Å². The lowest BCUT2D eigenvalue weighted by atomic mass is 9.67. The molecule has 8 nitrogen and oxygen atoms in total. The molecule has 0 N–H and O–H groups in total. The molecule has 0 atom stereocenters. The number of nitro groups is 2. The first-order chi connectivity index (χ1) is 21.9. The van der Waals surface area contributed by atoms with Crippen molar-refractivity contribution in [3.05, 3.63) is 153 Å². The molecule has 0 amide bonds. The zero-order valence-corrected chi connectivity index (χ0v) is 25.2. The molecule has 0 aromatic heterocycles. The van der Waals surface area contributed by atoms with E-state index in [-0.39, 0.29) is 11.4 Å². The fraction of sp³-hybridized carbons (Fsp3) is 0.243. The molecule has 1 aliphatic rings. The first-order valence-electron chi connectivity index (χ1n) is 15.2. The average molecular weight is 605 g/mol. The van der Waals surface area contributed by atoms with Crippen LogP contribution in [0.4, 0.5) is 11.4 Å². The highest BCUT2D eigenvalue weighted by molar-refractivity contribution is 5.88. The second-order valence-corrected chi connectivity index (χ2v) is 11.0. The van der Waals surface area contributed by atoms with Crippen molar-refractivity contribution in [3.63, 3.8) is 0 Å². The van der Waals surface area contributed by atoms with Crippen LogP contribution in [0.5, 0.6) is 11.5 Å². The van der Waals surface area contributed by atoms with Crippen molar-refractivity contribution in [1.82, 2.24) is 0 Å². The molecule has 45 heavy (non-hydrogen) atoms. The van der Waals surface area contributed by atoms with Gasteiger partial charge in [-0.3, -0.25) is 20.2 Å². The molecule has 230 valence electrons. The van der Waals surface area contributed by atoms with Gasteiger partial charge in [0.25, 0.3) is 11.4 Å². The zero-order chi connectivity index (χ0) is 31.8. The number of rotatable bonds is 16. The highest BCUT2D eigenvalue weighted by Crippen LogP contribution is 2.57. The quantitative estimate of drug-likeness (QED) is 0.0481. The molecule has 0 fully saturated rings. The van der Waals surface area contributed by atoms with Crippen molar-refractivity contribution >= 4 is 11.4 Å². The number of unbranched alkanes of at least 4 members (excludes halogenated alkanes) is 4. The fourth-order valence-electron chi connectivity index (χ4n) is 6.08. The Kier molecular flexibility index (Phi) is 9.73. The molecule has 5 rings (SSSR count). The van der Waals surface area contributed by atoms with Crippen LogP contribution < -0.4 is 9.47 Å². The summed E-state index contributed by atoms with van der Waals surface area (Å²) in [7, 11) is 0. The third-order valence-electron chi connectivity index (χ3n) is 8.24. The Balaban J connectivity index is 1.64. The summed E-state index contributed by atoms with van der Waals surface area (Å²) in [6.45, 7) is 8.65. The van der Waals surface area contributed by atoms with Gasteiger partial charge in [0, 0.05) is 24.3 Å². The summed E-state index contributed by atoms with van der Waals surface area (Å²) in [5.74, 6) is 1.40. The maximum absolute atomic E-state index is 12.0. The number of ether oxygens (including phenoxy) is 2. The van der Waals surface area contributed by atoms with Gasteiger partial charge in [0.15, 0.2) is 0 Å². The van der Waals surface area contributed by atoms with E-state index in [1.807, 2.05) is 60.7 Å². The Morgan fingerprint density at radius 2 is 1.00 bits per heavy atom. The number of hydrogen-bond acceptors (Lipinski definition) is 6. The van der Waals surface area contributed by atoms with Gasteiger partial charge in [0.05, 0.1) is 28.5 Å². The van der Waals surface area contributed by atoms with Crippen LogP contribution in [0.1, 0.15) is 60.8 Å². The van der Waals surface area contributed by atoms with Gasteiger partial charge in [-0.05, 0) is 108 Å². The van der Waals surface area contributed by atoms with Crippen LogP contribution in [-0.4, -0.2) is 23.1 Å². The van der Waals surface area contributed by atoms with Crippen LogP contribution in [-0.2, 0) is 5.41 Å². The van der Waals surface area contributed by atoms with Gasteiger partial charge < -0.3 is 9.47 Å². The minimum Gasteiger partial charge on any atom is -0.494 e. The van der Waals surface area contributed by atoms with Crippen molar-refractivity contribution in [3.8, 4) is 22.6 Å². The molecule has 0 unspecified atom stereocenters. The number of nitrogens with zero attached hydrogens (tertiary/aromatic N) is 2. The van der Waals surface area contributed by atoms with E-state index in [9.17, 15) is 20.2 Å². The van der Waals surface area contributed by atoms with Gasteiger partial charge in [0.1, 0.15) is 11.5 Å². The van der Waals surface area contributed by atoms with Crippen molar-refractivity contribution in [2.24, 2.45) is 0 Å². The van der Waals surface area contributed by atoms with Gasteiger partial charge in [-0.25, -0.2) is 0 Å². The number of benzene rings is 4. The third-order valence-corrected chi connectivity index (χ3v) is 8.24. The molecule has 0 saturated heterocycles. The van der Waals surface area contributed by atoms with Crippen LogP contribution >= 0.6 is 0 Å². The van der Waals surface area contributed by atoms with Crippen LogP contribution in [0, 0.1) is 20.2 Å². The minimum absolute atomic E-state index is 0.0561.